The number of benzene rings is 2. The average molecular weight is 312 g/mol. The van der Waals surface area contributed by atoms with E-state index >= 15 is 0 Å². The smallest absolute Gasteiger partial charge is 0.150 e. The Labute approximate surface area is 124 Å². The van der Waals surface area contributed by atoms with E-state index in [0.29, 0.717) is 5.75 Å². The van der Waals surface area contributed by atoms with Gasteiger partial charge in [0, 0.05) is 11.6 Å². The number of anilines is 2. The van der Waals surface area contributed by atoms with Crippen LogP contribution in [0.5, 0.6) is 5.75 Å². The van der Waals surface area contributed by atoms with Gasteiger partial charge in [-0.25, -0.2) is 13.2 Å². The van der Waals surface area contributed by atoms with E-state index in [4.69, 9.17) is 10.5 Å². The van der Waals surface area contributed by atoms with Crippen molar-refractivity contribution in [1.82, 2.24) is 0 Å². The summed E-state index contributed by atoms with van der Waals surface area (Å²) in [5, 5.41) is 2.36. The van der Waals surface area contributed by atoms with E-state index < -0.39 is 23.1 Å². The summed E-state index contributed by atoms with van der Waals surface area (Å²) in [5.74, 6) is -2.19. The highest BCUT2D eigenvalue weighted by Crippen LogP contribution is 2.28. The Bertz CT molecular complexity index is 684. The fourth-order valence-corrected chi connectivity index (χ4v) is 1.81. The molecule has 0 bridgehead atoms. The topological polar surface area (TPSA) is 47.3 Å². The normalized spacial score (nSPS) is 10.3. The summed E-state index contributed by atoms with van der Waals surface area (Å²) in [7, 11) is 1.40. The number of methoxy groups -OCH3 is 1. The van der Waals surface area contributed by atoms with Gasteiger partial charge in [0.05, 0.1) is 12.8 Å². The van der Waals surface area contributed by atoms with Gasteiger partial charge in [0.25, 0.3) is 0 Å². The summed E-state index contributed by atoms with van der Waals surface area (Å²) in [6.07, 6.45) is 0. The van der Waals surface area contributed by atoms with Crippen LogP contribution in [-0.2, 0) is 0 Å². The van der Waals surface area contributed by atoms with Gasteiger partial charge in [-0.1, -0.05) is 12.2 Å². The molecule has 2 rings (SSSR count). The highest BCUT2D eigenvalue weighted by Gasteiger charge is 2.14. The van der Waals surface area contributed by atoms with Gasteiger partial charge >= 0.3 is 0 Å². The second-order valence-electron chi connectivity index (χ2n) is 4.15. The van der Waals surface area contributed by atoms with E-state index in [2.05, 4.69) is 17.5 Å². The number of thiocarbonyl (C=S) groups is 1. The molecule has 0 fully saturated rings. The molecule has 0 radical (unpaired) electrons. The number of rotatable bonds is 4. The predicted molar refractivity (Wildman–Crippen MR) is 78.5 cm³/mol. The van der Waals surface area contributed by atoms with Gasteiger partial charge in [0.15, 0.2) is 0 Å². The SMILES string of the molecule is COc1ccc(F)c(Nc2c(F)cc(C(N)=S)cc2F)c1. The Balaban J connectivity index is 2.42. The first-order chi connectivity index (χ1) is 9.92. The number of nitrogens with one attached hydrogen (secondary N) is 1. The molecular weight excluding hydrogens is 301 g/mol. The van der Waals surface area contributed by atoms with Gasteiger partial charge in [-0.15, -0.1) is 0 Å². The predicted octanol–water partition coefficient (Wildman–Crippen LogP) is 3.49. The van der Waals surface area contributed by atoms with Crippen LogP contribution in [-0.4, -0.2) is 12.1 Å². The van der Waals surface area contributed by atoms with Crippen molar-refractivity contribution < 1.29 is 17.9 Å². The van der Waals surface area contributed by atoms with Crippen molar-refractivity contribution in [2.24, 2.45) is 5.73 Å². The van der Waals surface area contributed by atoms with Crippen LogP contribution in [0.25, 0.3) is 0 Å². The minimum absolute atomic E-state index is 0.0525. The van der Waals surface area contributed by atoms with E-state index in [1.807, 2.05) is 0 Å². The second-order valence-corrected chi connectivity index (χ2v) is 4.59. The van der Waals surface area contributed by atoms with Crippen LogP contribution in [0.2, 0.25) is 0 Å². The van der Waals surface area contributed by atoms with Gasteiger partial charge < -0.3 is 15.8 Å². The molecule has 0 heterocycles. The fourth-order valence-electron chi connectivity index (χ4n) is 1.70. The molecule has 0 aliphatic carbocycles. The Morgan fingerprint density at radius 2 is 1.71 bits per heavy atom. The highest BCUT2D eigenvalue weighted by molar-refractivity contribution is 7.80. The zero-order valence-electron chi connectivity index (χ0n) is 10.9. The molecule has 21 heavy (non-hydrogen) atoms. The molecule has 0 aromatic heterocycles. The summed E-state index contributed by atoms with van der Waals surface area (Å²) in [5.41, 5.74) is 4.76. The van der Waals surface area contributed by atoms with Crippen molar-refractivity contribution in [3.05, 3.63) is 53.3 Å². The third-order valence-electron chi connectivity index (χ3n) is 2.76. The lowest BCUT2D eigenvalue weighted by molar-refractivity contribution is 0.414. The molecule has 2 aromatic rings. The van der Waals surface area contributed by atoms with E-state index in [1.165, 1.54) is 19.2 Å². The number of halogens is 3. The Hall–Kier alpha value is -2.28. The van der Waals surface area contributed by atoms with E-state index in [-0.39, 0.29) is 16.2 Å². The average Bonchev–Trinajstić information content (AvgIpc) is 2.44. The molecule has 0 aliphatic heterocycles. The Morgan fingerprint density at radius 1 is 1.10 bits per heavy atom. The maximum atomic E-state index is 13.9. The third kappa shape index (κ3) is 3.25. The summed E-state index contributed by atoms with van der Waals surface area (Å²) in [6.45, 7) is 0. The molecule has 0 atom stereocenters. The first-order valence-corrected chi connectivity index (χ1v) is 6.22. The van der Waals surface area contributed by atoms with Crippen LogP contribution in [0.4, 0.5) is 24.5 Å². The zero-order valence-corrected chi connectivity index (χ0v) is 11.7. The lowest BCUT2D eigenvalue weighted by atomic mass is 10.1. The summed E-state index contributed by atoms with van der Waals surface area (Å²) < 4.78 is 46.4. The molecule has 0 spiro atoms. The van der Waals surface area contributed by atoms with Crippen molar-refractivity contribution in [3.63, 3.8) is 0 Å². The molecule has 2 aromatic carbocycles. The van der Waals surface area contributed by atoms with Crippen LogP contribution >= 0.6 is 12.2 Å². The zero-order chi connectivity index (χ0) is 15.6. The first-order valence-electron chi connectivity index (χ1n) is 5.81. The summed E-state index contributed by atoms with van der Waals surface area (Å²) >= 11 is 4.66. The summed E-state index contributed by atoms with van der Waals surface area (Å²) in [6, 6.07) is 5.76. The lowest BCUT2D eigenvalue weighted by Crippen LogP contribution is -2.11. The number of hydrogen-bond acceptors (Lipinski definition) is 3. The monoisotopic (exact) mass is 312 g/mol. The summed E-state index contributed by atoms with van der Waals surface area (Å²) in [4.78, 5) is -0.132. The van der Waals surface area contributed by atoms with Crippen molar-refractivity contribution in [3.8, 4) is 5.75 Å². The van der Waals surface area contributed by atoms with Gasteiger partial charge in [-0.2, -0.15) is 0 Å². The molecule has 110 valence electrons. The van der Waals surface area contributed by atoms with Crippen molar-refractivity contribution >= 4 is 28.6 Å². The third-order valence-corrected chi connectivity index (χ3v) is 3.00. The minimum Gasteiger partial charge on any atom is -0.497 e. The fraction of sp³-hybridized carbons (Fsp3) is 0.0714. The molecule has 0 aliphatic rings. The van der Waals surface area contributed by atoms with Gasteiger partial charge in [0.2, 0.25) is 0 Å². The van der Waals surface area contributed by atoms with Crippen LogP contribution in [0.1, 0.15) is 5.56 Å². The molecule has 0 unspecified atom stereocenters. The highest BCUT2D eigenvalue weighted by atomic mass is 32.1. The van der Waals surface area contributed by atoms with Crippen molar-refractivity contribution in [1.29, 1.82) is 0 Å². The van der Waals surface area contributed by atoms with Crippen LogP contribution < -0.4 is 15.8 Å². The van der Waals surface area contributed by atoms with Crippen LogP contribution in [0.3, 0.4) is 0 Å². The Morgan fingerprint density at radius 3 is 2.24 bits per heavy atom. The molecule has 7 heteroatoms. The minimum atomic E-state index is -0.931. The molecular formula is C14H11F3N2OS. The van der Waals surface area contributed by atoms with Crippen molar-refractivity contribution in [2.75, 3.05) is 12.4 Å². The number of hydrogen-bond donors (Lipinski definition) is 2. The number of nitrogens with two attached hydrogens (primary N) is 1. The second kappa shape index (κ2) is 6.01. The molecule has 3 nitrogen and oxygen atoms in total. The quantitative estimate of drug-likeness (QED) is 0.849. The maximum absolute atomic E-state index is 13.9. The van der Waals surface area contributed by atoms with E-state index in [9.17, 15) is 13.2 Å². The van der Waals surface area contributed by atoms with Crippen molar-refractivity contribution in [2.45, 2.75) is 0 Å². The lowest BCUT2D eigenvalue weighted by Gasteiger charge is -2.12. The van der Waals surface area contributed by atoms with Crippen LogP contribution in [0.15, 0.2) is 30.3 Å². The molecule has 0 amide bonds. The largest absolute Gasteiger partial charge is 0.497 e. The van der Waals surface area contributed by atoms with E-state index in [1.54, 1.807) is 0 Å². The van der Waals surface area contributed by atoms with Gasteiger partial charge in [0.1, 0.15) is 33.9 Å². The van der Waals surface area contributed by atoms with Gasteiger partial charge in [-0.05, 0) is 24.3 Å². The molecule has 0 saturated carbocycles. The first kappa shape index (κ1) is 15.1. The maximum Gasteiger partial charge on any atom is 0.150 e. The molecule has 0 saturated heterocycles. The van der Waals surface area contributed by atoms with Gasteiger partial charge in [-0.3, -0.25) is 0 Å². The standard InChI is InChI=1S/C14H11F3N2OS/c1-20-8-2-3-9(15)12(6-8)19-13-10(16)4-7(14(18)21)5-11(13)17/h2-6,19H,1H3,(H2,18,21). The number of ether oxygens (including phenoxy) is 1. The molecule has 3 N–H and O–H groups in total. The van der Waals surface area contributed by atoms with E-state index in [0.717, 1.165) is 18.2 Å². The Kier molecular flexibility index (Phi) is 4.32. The van der Waals surface area contributed by atoms with Crippen LogP contribution in [0, 0.1) is 17.5 Å².